The van der Waals surface area contributed by atoms with Crippen LogP contribution in [0.5, 0.6) is 5.75 Å². The second-order valence-corrected chi connectivity index (χ2v) is 7.73. The average molecular weight is 409 g/mol. The molecule has 0 fully saturated rings. The van der Waals surface area contributed by atoms with Crippen molar-refractivity contribution in [3.63, 3.8) is 0 Å². The van der Waals surface area contributed by atoms with Crippen molar-refractivity contribution in [1.82, 2.24) is 4.90 Å². The molecule has 0 aliphatic heterocycles. The first-order chi connectivity index (χ1) is 14.5. The highest BCUT2D eigenvalue weighted by Crippen LogP contribution is 2.28. The molecule has 0 amide bonds. The third kappa shape index (κ3) is 6.74. The molecule has 2 aromatic rings. The average Bonchev–Trinajstić information content (AvgIpc) is 2.72. The minimum atomic E-state index is 0.0116. The fourth-order valence-electron chi connectivity index (χ4n) is 3.54. The lowest BCUT2D eigenvalue weighted by atomic mass is 10.0. The molecule has 0 radical (unpaired) electrons. The summed E-state index contributed by atoms with van der Waals surface area (Å²) in [6, 6.07) is 14.1. The lowest BCUT2D eigenvalue weighted by Gasteiger charge is -2.24. The van der Waals surface area contributed by atoms with Gasteiger partial charge in [0, 0.05) is 42.5 Å². The molecule has 0 spiro atoms. The zero-order chi connectivity index (χ0) is 21.9. The van der Waals surface area contributed by atoms with Crippen molar-refractivity contribution in [2.75, 3.05) is 38.7 Å². The normalized spacial score (nSPS) is 11.3. The first-order valence-corrected chi connectivity index (χ1v) is 11.0. The number of ether oxygens (including phenoxy) is 1. The molecule has 0 bridgehead atoms. The Balaban J connectivity index is 2.29. The zero-order valence-corrected chi connectivity index (χ0v) is 19.1. The lowest BCUT2D eigenvalue weighted by Crippen LogP contribution is -2.24. The number of hydrogen-bond donors (Lipinski definition) is 0. The van der Waals surface area contributed by atoms with Gasteiger partial charge in [-0.15, -0.1) is 0 Å². The SMILES string of the molecule is CCCN(CCC)c1ccc(C=CC(=O)c2ccccc2CN(C)C)c(OCC)c1. The van der Waals surface area contributed by atoms with E-state index >= 15 is 0 Å². The molecule has 162 valence electrons. The predicted octanol–water partition coefficient (Wildman–Crippen LogP) is 5.67. The summed E-state index contributed by atoms with van der Waals surface area (Å²) in [5.74, 6) is 0.829. The Morgan fingerprint density at radius 3 is 2.33 bits per heavy atom. The monoisotopic (exact) mass is 408 g/mol. The number of nitrogens with zero attached hydrogens (tertiary/aromatic N) is 2. The number of allylic oxidation sites excluding steroid dienone is 1. The topological polar surface area (TPSA) is 32.8 Å². The Labute approximate surface area is 182 Å². The van der Waals surface area contributed by atoms with Crippen LogP contribution in [0.4, 0.5) is 5.69 Å². The van der Waals surface area contributed by atoms with Crippen LogP contribution >= 0.6 is 0 Å². The molecule has 30 heavy (non-hydrogen) atoms. The summed E-state index contributed by atoms with van der Waals surface area (Å²) in [5.41, 5.74) is 3.87. The maximum absolute atomic E-state index is 12.9. The fraction of sp³-hybridized carbons (Fsp3) is 0.423. The second-order valence-electron chi connectivity index (χ2n) is 7.73. The smallest absolute Gasteiger partial charge is 0.186 e. The quantitative estimate of drug-likeness (QED) is 0.335. The van der Waals surface area contributed by atoms with E-state index in [2.05, 4.69) is 35.8 Å². The second kappa shape index (κ2) is 12.2. The maximum atomic E-state index is 12.9. The van der Waals surface area contributed by atoms with Gasteiger partial charge in [-0.05, 0) is 63.7 Å². The van der Waals surface area contributed by atoms with E-state index in [9.17, 15) is 4.79 Å². The standard InChI is InChI=1S/C26H36N2O2/c1-6-17-28(18-7-2)23-15-13-21(26(19-23)30-8-3)14-16-25(29)24-12-10-9-11-22(24)20-27(4)5/h9-16,19H,6-8,17-18,20H2,1-5H3. The third-order valence-corrected chi connectivity index (χ3v) is 4.83. The molecule has 0 unspecified atom stereocenters. The molecular formula is C26H36N2O2. The van der Waals surface area contributed by atoms with E-state index in [-0.39, 0.29) is 5.78 Å². The van der Waals surface area contributed by atoms with Crippen LogP contribution < -0.4 is 9.64 Å². The molecule has 0 atom stereocenters. The molecular weight excluding hydrogens is 372 g/mol. The van der Waals surface area contributed by atoms with Gasteiger partial charge in [0.2, 0.25) is 0 Å². The lowest BCUT2D eigenvalue weighted by molar-refractivity contribution is 0.104. The van der Waals surface area contributed by atoms with Gasteiger partial charge >= 0.3 is 0 Å². The summed E-state index contributed by atoms with van der Waals surface area (Å²) in [6.07, 6.45) is 5.73. The van der Waals surface area contributed by atoms with Crippen LogP contribution in [0.2, 0.25) is 0 Å². The van der Waals surface area contributed by atoms with Crippen LogP contribution in [0.15, 0.2) is 48.5 Å². The summed E-state index contributed by atoms with van der Waals surface area (Å²) in [7, 11) is 4.01. The van der Waals surface area contributed by atoms with Crippen molar-refractivity contribution >= 4 is 17.5 Å². The third-order valence-electron chi connectivity index (χ3n) is 4.83. The molecule has 2 aromatic carbocycles. The molecule has 0 saturated heterocycles. The van der Waals surface area contributed by atoms with Crippen molar-refractivity contribution in [1.29, 1.82) is 0 Å². The van der Waals surface area contributed by atoms with Gasteiger partial charge in [0.15, 0.2) is 5.78 Å². The maximum Gasteiger partial charge on any atom is 0.186 e. The highest BCUT2D eigenvalue weighted by Gasteiger charge is 2.11. The van der Waals surface area contributed by atoms with Crippen molar-refractivity contribution in [3.8, 4) is 5.75 Å². The van der Waals surface area contributed by atoms with E-state index in [4.69, 9.17) is 4.74 Å². The van der Waals surface area contributed by atoms with Gasteiger partial charge in [-0.25, -0.2) is 0 Å². The Morgan fingerprint density at radius 2 is 1.70 bits per heavy atom. The Bertz CT molecular complexity index is 837. The Morgan fingerprint density at radius 1 is 1.00 bits per heavy atom. The van der Waals surface area contributed by atoms with Gasteiger partial charge in [-0.3, -0.25) is 4.79 Å². The number of carbonyl (C=O) groups is 1. The molecule has 0 saturated carbocycles. The van der Waals surface area contributed by atoms with Crippen LogP contribution in [-0.4, -0.2) is 44.5 Å². The van der Waals surface area contributed by atoms with Crippen molar-refractivity contribution in [2.45, 2.75) is 40.2 Å². The number of hydrogen-bond acceptors (Lipinski definition) is 4. The first kappa shape index (κ1) is 23.7. The number of benzene rings is 2. The molecule has 0 N–H and O–H groups in total. The highest BCUT2D eigenvalue weighted by molar-refractivity contribution is 6.08. The van der Waals surface area contributed by atoms with Crippen LogP contribution in [0.25, 0.3) is 6.08 Å². The molecule has 0 aliphatic rings. The summed E-state index contributed by atoms with van der Waals surface area (Å²) in [4.78, 5) is 17.3. The number of carbonyl (C=O) groups excluding carboxylic acids is 1. The summed E-state index contributed by atoms with van der Waals surface area (Å²) >= 11 is 0. The Hall–Kier alpha value is -2.59. The van der Waals surface area contributed by atoms with Gasteiger partial charge < -0.3 is 14.5 Å². The predicted molar refractivity (Wildman–Crippen MR) is 128 cm³/mol. The molecule has 0 aliphatic carbocycles. The van der Waals surface area contributed by atoms with E-state index in [0.29, 0.717) is 6.61 Å². The van der Waals surface area contributed by atoms with Crippen LogP contribution in [0, 0.1) is 0 Å². The molecule has 2 rings (SSSR count). The van der Waals surface area contributed by atoms with Gasteiger partial charge in [0.25, 0.3) is 0 Å². The largest absolute Gasteiger partial charge is 0.493 e. The summed E-state index contributed by atoms with van der Waals surface area (Å²) < 4.78 is 5.90. The minimum Gasteiger partial charge on any atom is -0.493 e. The number of rotatable bonds is 12. The van der Waals surface area contributed by atoms with Gasteiger partial charge in [0.1, 0.15) is 5.75 Å². The minimum absolute atomic E-state index is 0.0116. The highest BCUT2D eigenvalue weighted by atomic mass is 16.5. The van der Waals surface area contributed by atoms with Gasteiger partial charge in [-0.1, -0.05) is 38.1 Å². The zero-order valence-electron chi connectivity index (χ0n) is 19.1. The number of anilines is 1. The van der Waals surface area contributed by atoms with Crippen molar-refractivity contribution in [3.05, 3.63) is 65.2 Å². The van der Waals surface area contributed by atoms with Gasteiger partial charge in [-0.2, -0.15) is 0 Å². The van der Waals surface area contributed by atoms with E-state index in [1.54, 1.807) is 6.08 Å². The van der Waals surface area contributed by atoms with E-state index in [1.165, 1.54) is 5.69 Å². The van der Waals surface area contributed by atoms with Crippen LogP contribution in [-0.2, 0) is 6.54 Å². The van der Waals surface area contributed by atoms with Crippen molar-refractivity contribution < 1.29 is 9.53 Å². The van der Waals surface area contributed by atoms with Crippen LogP contribution in [0.3, 0.4) is 0 Å². The summed E-state index contributed by atoms with van der Waals surface area (Å²) in [6.45, 7) is 9.75. The van der Waals surface area contributed by atoms with Crippen molar-refractivity contribution in [2.24, 2.45) is 0 Å². The summed E-state index contributed by atoms with van der Waals surface area (Å²) in [5, 5.41) is 0. The Kier molecular flexibility index (Phi) is 9.62. The van der Waals surface area contributed by atoms with E-state index in [0.717, 1.165) is 54.9 Å². The molecule has 4 nitrogen and oxygen atoms in total. The first-order valence-electron chi connectivity index (χ1n) is 11.0. The number of ketones is 1. The van der Waals surface area contributed by atoms with E-state index in [1.807, 2.05) is 57.4 Å². The fourth-order valence-corrected chi connectivity index (χ4v) is 3.54. The van der Waals surface area contributed by atoms with Crippen LogP contribution in [0.1, 0.15) is 55.1 Å². The molecule has 0 heterocycles. The van der Waals surface area contributed by atoms with E-state index < -0.39 is 0 Å². The molecule has 4 heteroatoms. The molecule has 0 aromatic heterocycles. The van der Waals surface area contributed by atoms with Gasteiger partial charge in [0.05, 0.1) is 6.61 Å².